The maximum Gasteiger partial charge on any atom is 0.124 e. The molecule has 0 saturated heterocycles. The van der Waals surface area contributed by atoms with Crippen LogP contribution in [0.25, 0.3) is 0 Å². The van der Waals surface area contributed by atoms with Crippen LogP contribution >= 0.6 is 0 Å². The summed E-state index contributed by atoms with van der Waals surface area (Å²) in [6.45, 7) is 9.90. The highest BCUT2D eigenvalue weighted by molar-refractivity contribution is 5.20. The molecule has 1 heterocycles. The number of ether oxygens (including phenoxy) is 2. The Kier molecular flexibility index (Phi) is 14.3. The van der Waals surface area contributed by atoms with Crippen molar-refractivity contribution in [3.05, 3.63) is 48.4 Å². The maximum absolute atomic E-state index is 5.51. The van der Waals surface area contributed by atoms with Crippen molar-refractivity contribution in [3.8, 4) is 5.75 Å². The Hall–Kier alpha value is -1.81. The molecule has 0 unspecified atom stereocenters. The van der Waals surface area contributed by atoms with Crippen LogP contribution in [0, 0.1) is 0 Å². The van der Waals surface area contributed by atoms with E-state index < -0.39 is 0 Å². The number of hydrogen-bond acceptors (Lipinski definition) is 4. The molecule has 1 aromatic heterocycles. The average molecular weight is 307 g/mol. The molecule has 2 rings (SSSR count). The van der Waals surface area contributed by atoms with Crippen molar-refractivity contribution in [3.63, 3.8) is 0 Å². The maximum atomic E-state index is 5.51. The molecule has 0 bridgehead atoms. The number of hydrogen-bond donors (Lipinski definition) is 0. The summed E-state index contributed by atoms with van der Waals surface area (Å²) in [4.78, 5) is 0. The van der Waals surface area contributed by atoms with Crippen molar-refractivity contribution in [1.82, 2.24) is 5.16 Å². The van der Waals surface area contributed by atoms with Crippen LogP contribution in [0.4, 0.5) is 0 Å². The van der Waals surface area contributed by atoms with E-state index in [0.717, 1.165) is 24.3 Å². The van der Waals surface area contributed by atoms with Gasteiger partial charge in [-0.2, -0.15) is 0 Å². The third-order valence-corrected chi connectivity index (χ3v) is 2.45. The quantitative estimate of drug-likeness (QED) is 0.660. The molecule has 4 nitrogen and oxygen atoms in total. The molecule has 124 valence electrons. The smallest absolute Gasteiger partial charge is 0.124 e. The van der Waals surface area contributed by atoms with Crippen molar-refractivity contribution < 1.29 is 14.0 Å². The molecule has 0 aliphatic rings. The van der Waals surface area contributed by atoms with Crippen molar-refractivity contribution >= 4 is 0 Å². The summed E-state index contributed by atoms with van der Waals surface area (Å²) in [5.41, 5.74) is 0.971. The fourth-order valence-corrected chi connectivity index (χ4v) is 1.56. The van der Waals surface area contributed by atoms with Crippen LogP contribution in [-0.2, 0) is 11.2 Å². The molecule has 0 atom stereocenters. The number of benzene rings is 1. The first-order chi connectivity index (χ1) is 10.9. The zero-order chi connectivity index (χ0) is 16.5. The van der Waals surface area contributed by atoms with E-state index in [1.807, 2.05) is 64.1 Å². The van der Waals surface area contributed by atoms with E-state index in [2.05, 4.69) is 5.16 Å². The second kappa shape index (κ2) is 15.6. The van der Waals surface area contributed by atoms with Crippen LogP contribution in [0.5, 0.6) is 5.75 Å². The van der Waals surface area contributed by atoms with E-state index in [4.69, 9.17) is 14.0 Å². The number of nitrogens with zero attached hydrogens (tertiary/aromatic N) is 1. The monoisotopic (exact) mass is 307 g/mol. The van der Waals surface area contributed by atoms with Crippen LogP contribution in [0.1, 0.15) is 39.8 Å². The van der Waals surface area contributed by atoms with Gasteiger partial charge in [0.1, 0.15) is 18.6 Å². The first-order valence-electron chi connectivity index (χ1n) is 8.10. The topological polar surface area (TPSA) is 44.5 Å². The van der Waals surface area contributed by atoms with Crippen molar-refractivity contribution in [2.75, 3.05) is 19.8 Å². The molecule has 1 aromatic carbocycles. The Morgan fingerprint density at radius 3 is 2.27 bits per heavy atom. The molecule has 0 N–H and O–H groups in total. The fraction of sp³-hybridized carbons (Fsp3) is 0.500. The van der Waals surface area contributed by atoms with Crippen LogP contribution in [0.3, 0.4) is 0 Å². The van der Waals surface area contributed by atoms with Gasteiger partial charge in [0.2, 0.25) is 0 Å². The Morgan fingerprint density at radius 1 is 0.909 bits per heavy atom. The lowest BCUT2D eigenvalue weighted by atomic mass is 10.2. The normalized spacial score (nSPS) is 9.09. The minimum Gasteiger partial charge on any atom is -0.491 e. The van der Waals surface area contributed by atoms with E-state index in [1.54, 1.807) is 6.26 Å². The second-order valence-corrected chi connectivity index (χ2v) is 3.87. The molecule has 0 saturated carbocycles. The summed E-state index contributed by atoms with van der Waals surface area (Å²) in [6.07, 6.45) is 3.41. The zero-order valence-electron chi connectivity index (χ0n) is 14.2. The molecular formula is C18H29NO3. The molecule has 0 spiro atoms. The zero-order valence-corrected chi connectivity index (χ0v) is 14.2. The Labute approximate surface area is 134 Å². The molecule has 22 heavy (non-hydrogen) atoms. The van der Waals surface area contributed by atoms with Gasteiger partial charge >= 0.3 is 0 Å². The van der Waals surface area contributed by atoms with Crippen LogP contribution in [0.15, 0.2) is 47.2 Å². The lowest BCUT2D eigenvalue weighted by Crippen LogP contribution is -2.07. The van der Waals surface area contributed by atoms with Gasteiger partial charge in [0.25, 0.3) is 0 Å². The van der Waals surface area contributed by atoms with Gasteiger partial charge in [-0.25, -0.2) is 0 Å². The van der Waals surface area contributed by atoms with Gasteiger partial charge in [0.15, 0.2) is 0 Å². The highest BCUT2D eigenvalue weighted by Gasteiger charge is 1.96. The van der Waals surface area contributed by atoms with Crippen LogP contribution in [-0.4, -0.2) is 25.0 Å². The predicted octanol–water partition coefficient (Wildman–Crippen LogP) is 4.76. The highest BCUT2D eigenvalue weighted by atomic mass is 16.5. The Morgan fingerprint density at radius 2 is 1.64 bits per heavy atom. The molecular weight excluding hydrogens is 278 g/mol. The SMILES string of the molecule is CC.CC.c1ccc(OCCOCCCc2ccon2)cc1. The minimum absolute atomic E-state index is 0.577. The first-order valence-corrected chi connectivity index (χ1v) is 8.10. The Bertz CT molecular complexity index is 415. The molecule has 0 amide bonds. The number of aryl methyl sites for hydroxylation is 1. The summed E-state index contributed by atoms with van der Waals surface area (Å²) in [6, 6.07) is 11.6. The lowest BCUT2D eigenvalue weighted by molar-refractivity contribution is 0.0983. The first kappa shape index (κ1) is 20.2. The van der Waals surface area contributed by atoms with Gasteiger partial charge in [-0.05, 0) is 25.0 Å². The average Bonchev–Trinajstić information content (AvgIpc) is 3.12. The van der Waals surface area contributed by atoms with E-state index >= 15 is 0 Å². The van der Waals surface area contributed by atoms with Crippen molar-refractivity contribution in [2.45, 2.75) is 40.5 Å². The number of rotatable bonds is 8. The molecule has 0 fully saturated rings. The summed E-state index contributed by atoms with van der Waals surface area (Å²) in [5, 5.41) is 3.83. The molecule has 2 aromatic rings. The van der Waals surface area contributed by atoms with Crippen LogP contribution in [0.2, 0.25) is 0 Å². The molecule has 0 aliphatic heterocycles. The standard InChI is InChI=1S/C14H17NO3.2C2H6/c1-2-6-14(7-3-1)17-12-11-16-9-4-5-13-8-10-18-15-13;2*1-2/h1-3,6-8,10H,4-5,9,11-12H2;2*1-2H3. The molecule has 0 aliphatic carbocycles. The van der Waals surface area contributed by atoms with Crippen molar-refractivity contribution in [1.29, 1.82) is 0 Å². The molecule has 4 heteroatoms. The highest BCUT2D eigenvalue weighted by Crippen LogP contribution is 2.07. The van der Waals surface area contributed by atoms with E-state index in [9.17, 15) is 0 Å². The van der Waals surface area contributed by atoms with Gasteiger partial charge in [-0.3, -0.25) is 0 Å². The second-order valence-electron chi connectivity index (χ2n) is 3.87. The third-order valence-electron chi connectivity index (χ3n) is 2.45. The largest absolute Gasteiger partial charge is 0.491 e. The Balaban J connectivity index is 0.00000102. The van der Waals surface area contributed by atoms with Gasteiger partial charge < -0.3 is 14.0 Å². The van der Waals surface area contributed by atoms with Crippen molar-refractivity contribution in [2.24, 2.45) is 0 Å². The fourth-order valence-electron chi connectivity index (χ4n) is 1.56. The van der Waals surface area contributed by atoms with Gasteiger partial charge in [0.05, 0.1) is 12.3 Å². The van der Waals surface area contributed by atoms with E-state index in [0.29, 0.717) is 19.8 Å². The third kappa shape index (κ3) is 10.00. The van der Waals surface area contributed by atoms with Gasteiger partial charge in [-0.1, -0.05) is 51.1 Å². The minimum atomic E-state index is 0.577. The number of aromatic nitrogens is 1. The summed E-state index contributed by atoms with van der Waals surface area (Å²) < 4.78 is 15.7. The summed E-state index contributed by atoms with van der Waals surface area (Å²) in [7, 11) is 0. The van der Waals surface area contributed by atoms with E-state index in [-0.39, 0.29) is 0 Å². The number of para-hydroxylation sites is 1. The van der Waals surface area contributed by atoms with Crippen LogP contribution < -0.4 is 4.74 Å². The lowest BCUT2D eigenvalue weighted by Gasteiger charge is -2.06. The molecule has 0 radical (unpaired) electrons. The summed E-state index contributed by atoms with van der Waals surface area (Å²) in [5.74, 6) is 0.878. The predicted molar refractivity (Wildman–Crippen MR) is 90.3 cm³/mol. The van der Waals surface area contributed by atoms with Gasteiger partial charge in [-0.15, -0.1) is 0 Å². The van der Waals surface area contributed by atoms with E-state index in [1.165, 1.54) is 0 Å². The summed E-state index contributed by atoms with van der Waals surface area (Å²) >= 11 is 0. The van der Waals surface area contributed by atoms with Gasteiger partial charge in [0, 0.05) is 12.7 Å².